The maximum absolute atomic E-state index is 15.2. The number of halogens is 5. The van der Waals surface area contributed by atoms with Crippen LogP contribution in [-0.4, -0.2) is 65.8 Å². The number of nitrogens with one attached hydrogen (secondary N) is 1. The van der Waals surface area contributed by atoms with E-state index in [0.717, 1.165) is 9.80 Å². The van der Waals surface area contributed by atoms with E-state index in [0.29, 0.717) is 25.0 Å². The lowest BCUT2D eigenvalue weighted by Gasteiger charge is -2.37. The van der Waals surface area contributed by atoms with Crippen molar-refractivity contribution in [2.75, 3.05) is 18.0 Å². The van der Waals surface area contributed by atoms with Crippen molar-refractivity contribution in [1.29, 1.82) is 0 Å². The molecule has 1 aromatic carbocycles. The van der Waals surface area contributed by atoms with Crippen LogP contribution in [0.2, 0.25) is 0 Å². The Labute approximate surface area is 212 Å². The molecular formula is C23H20F5N5O4S. The molecule has 2 aliphatic heterocycles. The van der Waals surface area contributed by atoms with E-state index < -0.39 is 68.9 Å². The van der Waals surface area contributed by atoms with Gasteiger partial charge in [-0.1, -0.05) is 5.16 Å². The van der Waals surface area contributed by atoms with Gasteiger partial charge in [0, 0.05) is 37.0 Å². The summed E-state index contributed by atoms with van der Waals surface area (Å²) < 4.78 is 105. The van der Waals surface area contributed by atoms with Crippen molar-refractivity contribution in [2.24, 2.45) is 0 Å². The highest BCUT2D eigenvalue weighted by molar-refractivity contribution is 7.90. The van der Waals surface area contributed by atoms with Crippen LogP contribution in [-0.2, 0) is 10.0 Å². The summed E-state index contributed by atoms with van der Waals surface area (Å²) in [5.41, 5.74) is -0.673. The third kappa shape index (κ3) is 3.82. The van der Waals surface area contributed by atoms with Gasteiger partial charge in [-0.05, 0) is 26.2 Å². The van der Waals surface area contributed by atoms with Crippen molar-refractivity contribution in [3.8, 4) is 11.3 Å². The maximum atomic E-state index is 15.2. The fourth-order valence-corrected chi connectivity index (χ4v) is 6.71. The Morgan fingerprint density at radius 3 is 2.45 bits per heavy atom. The van der Waals surface area contributed by atoms with Crippen molar-refractivity contribution in [3.05, 3.63) is 41.3 Å². The Bertz CT molecular complexity index is 1570. The number of amides is 2. The molecule has 38 heavy (non-hydrogen) atoms. The van der Waals surface area contributed by atoms with Crippen LogP contribution in [0.4, 0.5) is 32.6 Å². The molecule has 2 saturated heterocycles. The Hall–Kier alpha value is -3.33. The quantitative estimate of drug-likeness (QED) is 0.480. The van der Waals surface area contributed by atoms with E-state index in [1.165, 1.54) is 13.0 Å². The van der Waals surface area contributed by atoms with E-state index in [4.69, 9.17) is 4.52 Å². The molecular weight excluding hydrogens is 537 g/mol. The Balaban J connectivity index is 1.39. The van der Waals surface area contributed by atoms with Crippen molar-refractivity contribution in [3.63, 3.8) is 0 Å². The topological polar surface area (TPSA) is 109 Å². The smallest absolute Gasteiger partial charge is 0.326 e. The highest BCUT2D eigenvalue weighted by atomic mass is 32.2. The summed E-state index contributed by atoms with van der Waals surface area (Å²) >= 11 is 0. The Morgan fingerprint density at radius 2 is 1.79 bits per heavy atom. The van der Waals surface area contributed by atoms with Crippen molar-refractivity contribution in [2.45, 2.75) is 49.4 Å². The van der Waals surface area contributed by atoms with E-state index in [9.17, 15) is 26.4 Å². The number of aryl methyl sites for hydroxylation is 1. The van der Waals surface area contributed by atoms with Gasteiger partial charge < -0.3 is 9.42 Å². The molecule has 202 valence electrons. The van der Waals surface area contributed by atoms with E-state index >= 15 is 8.78 Å². The zero-order valence-electron chi connectivity index (χ0n) is 19.7. The second-order valence-corrected chi connectivity index (χ2v) is 11.7. The molecule has 1 N–H and O–H groups in total. The van der Waals surface area contributed by atoms with Gasteiger partial charge in [0.25, 0.3) is 5.92 Å². The van der Waals surface area contributed by atoms with Crippen LogP contribution in [0.3, 0.4) is 0 Å². The van der Waals surface area contributed by atoms with Crippen LogP contribution in [0, 0.1) is 24.4 Å². The highest BCUT2D eigenvalue weighted by Crippen LogP contribution is 2.43. The first-order chi connectivity index (χ1) is 17.9. The molecule has 4 heterocycles. The number of rotatable bonds is 5. The lowest BCUT2D eigenvalue weighted by molar-refractivity contribution is -0.0448. The molecule has 1 saturated carbocycles. The molecule has 2 atom stereocenters. The summed E-state index contributed by atoms with van der Waals surface area (Å²) in [6, 6.07) is -1.91. The normalized spacial score (nSPS) is 23.4. The number of urea groups is 1. The van der Waals surface area contributed by atoms with Crippen LogP contribution in [0.5, 0.6) is 0 Å². The average molecular weight is 558 g/mol. The first-order valence-corrected chi connectivity index (χ1v) is 13.3. The highest BCUT2D eigenvalue weighted by Gasteiger charge is 2.61. The minimum atomic E-state index is -3.95. The predicted molar refractivity (Wildman–Crippen MR) is 124 cm³/mol. The summed E-state index contributed by atoms with van der Waals surface area (Å²) in [4.78, 5) is 19.5. The molecule has 3 fully saturated rings. The van der Waals surface area contributed by atoms with Crippen LogP contribution in [0.15, 0.2) is 22.7 Å². The molecule has 3 aliphatic rings. The average Bonchev–Trinajstić information content (AvgIpc) is 3.55. The zero-order chi connectivity index (χ0) is 27.1. The molecule has 0 unspecified atom stereocenters. The zero-order valence-corrected chi connectivity index (χ0v) is 20.5. The molecule has 0 bridgehead atoms. The second kappa shape index (κ2) is 8.33. The van der Waals surface area contributed by atoms with Gasteiger partial charge in [-0.15, -0.1) is 0 Å². The van der Waals surface area contributed by atoms with Crippen LogP contribution >= 0.6 is 0 Å². The molecule has 0 radical (unpaired) electrons. The molecule has 1 aliphatic carbocycles. The van der Waals surface area contributed by atoms with Gasteiger partial charge in [-0.25, -0.2) is 39.9 Å². The molecule has 2 aromatic heterocycles. The minimum Gasteiger partial charge on any atom is -0.354 e. The van der Waals surface area contributed by atoms with E-state index in [1.807, 2.05) is 0 Å². The van der Waals surface area contributed by atoms with E-state index in [1.54, 1.807) is 0 Å². The van der Waals surface area contributed by atoms with Gasteiger partial charge >= 0.3 is 6.03 Å². The molecule has 9 nitrogen and oxygen atoms in total. The third-order valence-corrected chi connectivity index (χ3v) is 9.06. The number of benzene rings is 1. The number of hydrogen-bond acceptors (Lipinski definition) is 6. The van der Waals surface area contributed by atoms with Crippen molar-refractivity contribution < 1.29 is 39.7 Å². The fourth-order valence-electron chi connectivity index (χ4n) is 5.14. The van der Waals surface area contributed by atoms with Crippen LogP contribution < -0.4 is 9.62 Å². The number of pyridine rings is 1. The summed E-state index contributed by atoms with van der Waals surface area (Å²) in [5.74, 6) is -7.37. The van der Waals surface area contributed by atoms with Crippen LogP contribution in [0.1, 0.15) is 25.0 Å². The second-order valence-electron chi connectivity index (χ2n) is 9.72. The number of sulfonamides is 1. The number of hydrogen-bond donors (Lipinski definition) is 1. The lowest BCUT2D eigenvalue weighted by Crippen LogP contribution is -2.56. The summed E-state index contributed by atoms with van der Waals surface area (Å²) in [7, 11) is -3.95. The molecule has 2 amide bonds. The standard InChI is InChI=1S/C23H20F5N5O4S/c1-10-6-15-19(20(29-10)18-13(25)7-11(24)8-14(18)26)21(30-37-15)32-5-4-17-23(27,28)16(9-33(17)22(32)34)31-38(35,36)12-2-3-12/h6-8,12,16-17,31H,2-5,9H2,1H3/t16-,17-/m1/s1. The maximum Gasteiger partial charge on any atom is 0.326 e. The number of alkyl halides is 2. The van der Waals surface area contributed by atoms with Crippen molar-refractivity contribution in [1.82, 2.24) is 19.8 Å². The Kier molecular flexibility index (Phi) is 5.48. The predicted octanol–water partition coefficient (Wildman–Crippen LogP) is 3.72. The van der Waals surface area contributed by atoms with E-state index in [2.05, 4.69) is 14.9 Å². The number of carbonyl (C=O) groups excluding carboxylic acids is 1. The fraction of sp³-hybridized carbons (Fsp3) is 0.435. The monoisotopic (exact) mass is 557 g/mol. The first-order valence-electron chi connectivity index (χ1n) is 11.8. The van der Waals surface area contributed by atoms with Gasteiger partial charge in [0.1, 0.15) is 29.5 Å². The number of aromatic nitrogens is 2. The van der Waals surface area contributed by atoms with E-state index in [-0.39, 0.29) is 41.1 Å². The van der Waals surface area contributed by atoms with Gasteiger partial charge in [0.2, 0.25) is 10.0 Å². The molecule has 6 rings (SSSR count). The number of nitrogens with zero attached hydrogens (tertiary/aromatic N) is 4. The number of fused-ring (bicyclic) bond motifs is 2. The third-order valence-electron chi connectivity index (χ3n) is 7.10. The van der Waals surface area contributed by atoms with Gasteiger partial charge in [-0.3, -0.25) is 9.88 Å². The van der Waals surface area contributed by atoms with Crippen LogP contribution in [0.25, 0.3) is 22.2 Å². The summed E-state index contributed by atoms with van der Waals surface area (Å²) in [5, 5.41) is 3.10. The molecule has 0 spiro atoms. The van der Waals surface area contributed by atoms with Gasteiger partial charge in [0.15, 0.2) is 11.4 Å². The number of anilines is 1. The molecule has 15 heteroatoms. The largest absolute Gasteiger partial charge is 0.354 e. The van der Waals surface area contributed by atoms with Crippen molar-refractivity contribution >= 4 is 32.8 Å². The number of carbonyl (C=O) groups is 1. The summed E-state index contributed by atoms with van der Waals surface area (Å²) in [6.07, 6.45) is 0.526. The SMILES string of the molecule is Cc1cc2onc(N3CC[C@H]4N(C[C@@H](NS(=O)(=O)C5CC5)C4(F)F)C3=O)c2c(-c2c(F)cc(F)cc2F)n1. The minimum absolute atomic E-state index is 0.0161. The summed E-state index contributed by atoms with van der Waals surface area (Å²) in [6.45, 7) is 0.678. The molecule has 3 aromatic rings. The lowest BCUT2D eigenvalue weighted by atomic mass is 10.0. The van der Waals surface area contributed by atoms with Gasteiger partial charge in [0.05, 0.1) is 21.9 Å². The first kappa shape index (κ1) is 25.0. The van der Waals surface area contributed by atoms with Gasteiger partial charge in [-0.2, -0.15) is 0 Å². The Morgan fingerprint density at radius 1 is 1.11 bits per heavy atom.